The van der Waals surface area contributed by atoms with E-state index in [1.165, 1.54) is 0 Å². The van der Waals surface area contributed by atoms with Gasteiger partial charge in [0.1, 0.15) is 10.9 Å². The topological polar surface area (TPSA) is 62.7 Å². The Balaban J connectivity index is 1.81. The summed E-state index contributed by atoms with van der Waals surface area (Å²) in [5.74, 6) is -0.153. The van der Waals surface area contributed by atoms with E-state index in [-0.39, 0.29) is 17.9 Å². The lowest BCUT2D eigenvalue weighted by Gasteiger charge is -2.01. The number of amides is 1. The average Bonchev–Trinajstić information content (AvgIpc) is 2.64. The number of alkyl halides is 2. The van der Waals surface area contributed by atoms with Crippen molar-refractivity contribution >= 4 is 34.8 Å². The van der Waals surface area contributed by atoms with E-state index in [9.17, 15) is 4.79 Å². The third-order valence-electron chi connectivity index (χ3n) is 2.44. The van der Waals surface area contributed by atoms with Crippen LogP contribution in [0.15, 0.2) is 5.16 Å². The zero-order valence-electron chi connectivity index (χ0n) is 8.09. The van der Waals surface area contributed by atoms with Crippen LogP contribution in [-0.4, -0.2) is 28.6 Å². The molecule has 84 valence electrons. The molecular weight excluding hydrogens is 241 g/mol. The van der Waals surface area contributed by atoms with Gasteiger partial charge in [-0.25, -0.2) is 5.43 Å². The predicted molar refractivity (Wildman–Crippen MR) is 56.7 cm³/mol. The third kappa shape index (κ3) is 2.35. The lowest BCUT2D eigenvalue weighted by Crippen LogP contribution is -2.29. The molecule has 1 saturated heterocycles. The highest BCUT2D eigenvalue weighted by molar-refractivity contribution is 6.50. The van der Waals surface area contributed by atoms with Crippen LogP contribution < -0.4 is 10.9 Å². The third-order valence-corrected chi connectivity index (χ3v) is 3.37. The maximum atomic E-state index is 11.2. The summed E-state index contributed by atoms with van der Waals surface area (Å²) in [7, 11) is 0. The van der Waals surface area contributed by atoms with Crippen molar-refractivity contribution in [3.8, 4) is 0 Å². The SMILES string of the molecule is CC1NNC(=O)C1=NOCC1CC1(Cl)Cl. The minimum atomic E-state index is -0.665. The van der Waals surface area contributed by atoms with Crippen molar-refractivity contribution in [3.63, 3.8) is 0 Å². The smallest absolute Gasteiger partial charge is 0.284 e. The largest absolute Gasteiger partial charge is 0.395 e. The van der Waals surface area contributed by atoms with Crippen LogP contribution in [0.25, 0.3) is 0 Å². The molecule has 0 radical (unpaired) electrons. The van der Waals surface area contributed by atoms with Crippen LogP contribution in [0, 0.1) is 5.92 Å². The molecule has 1 heterocycles. The molecule has 15 heavy (non-hydrogen) atoms. The Kier molecular flexibility index (Phi) is 2.79. The number of carbonyl (C=O) groups is 1. The fraction of sp³-hybridized carbons (Fsp3) is 0.750. The molecule has 2 unspecified atom stereocenters. The fourth-order valence-electron chi connectivity index (χ4n) is 1.27. The van der Waals surface area contributed by atoms with Crippen molar-refractivity contribution in [2.45, 2.75) is 23.7 Å². The number of halogens is 2. The van der Waals surface area contributed by atoms with E-state index in [0.29, 0.717) is 18.7 Å². The van der Waals surface area contributed by atoms with Crippen LogP contribution in [0.1, 0.15) is 13.3 Å². The number of nitrogens with zero attached hydrogens (tertiary/aromatic N) is 1. The number of hydrogen-bond donors (Lipinski definition) is 2. The Morgan fingerprint density at radius 3 is 2.80 bits per heavy atom. The van der Waals surface area contributed by atoms with Gasteiger partial charge in [-0.3, -0.25) is 10.2 Å². The normalized spacial score (nSPS) is 35.4. The van der Waals surface area contributed by atoms with Crippen molar-refractivity contribution in [1.82, 2.24) is 10.9 Å². The quantitative estimate of drug-likeness (QED) is 0.570. The van der Waals surface area contributed by atoms with Crippen molar-refractivity contribution in [2.24, 2.45) is 11.1 Å². The number of rotatable bonds is 3. The van der Waals surface area contributed by atoms with Crippen molar-refractivity contribution in [3.05, 3.63) is 0 Å². The molecule has 5 nitrogen and oxygen atoms in total. The Labute approximate surface area is 97.1 Å². The summed E-state index contributed by atoms with van der Waals surface area (Å²) in [4.78, 5) is 16.2. The van der Waals surface area contributed by atoms with Crippen LogP contribution in [0.3, 0.4) is 0 Å². The summed E-state index contributed by atoms with van der Waals surface area (Å²) >= 11 is 11.6. The van der Waals surface area contributed by atoms with Crippen LogP contribution in [0.5, 0.6) is 0 Å². The van der Waals surface area contributed by atoms with Crippen LogP contribution in [-0.2, 0) is 9.63 Å². The summed E-state index contributed by atoms with van der Waals surface area (Å²) in [6.07, 6.45) is 0.709. The molecule has 2 N–H and O–H groups in total. The molecule has 0 aromatic rings. The number of nitrogens with one attached hydrogen (secondary N) is 2. The van der Waals surface area contributed by atoms with E-state index >= 15 is 0 Å². The molecule has 2 aliphatic rings. The van der Waals surface area contributed by atoms with Gasteiger partial charge in [-0.1, -0.05) is 5.16 Å². The maximum Gasteiger partial charge on any atom is 0.284 e. The fourth-order valence-corrected chi connectivity index (χ4v) is 1.77. The number of oxime groups is 1. The van der Waals surface area contributed by atoms with Gasteiger partial charge in [0.2, 0.25) is 0 Å². The van der Waals surface area contributed by atoms with Crippen molar-refractivity contribution < 1.29 is 9.63 Å². The lowest BCUT2D eigenvalue weighted by atomic mass is 10.2. The van der Waals surface area contributed by atoms with E-state index in [4.69, 9.17) is 28.0 Å². The van der Waals surface area contributed by atoms with Crippen LogP contribution in [0.4, 0.5) is 0 Å². The van der Waals surface area contributed by atoms with Crippen molar-refractivity contribution in [2.75, 3.05) is 6.61 Å². The molecule has 0 spiro atoms. The summed E-state index contributed by atoms with van der Waals surface area (Å²) in [5.41, 5.74) is 5.50. The molecule has 1 aliphatic carbocycles. The van der Waals surface area contributed by atoms with Crippen LogP contribution in [0.2, 0.25) is 0 Å². The number of carbonyl (C=O) groups excluding carboxylic acids is 1. The van der Waals surface area contributed by atoms with Gasteiger partial charge in [0, 0.05) is 5.92 Å². The Morgan fingerprint density at radius 2 is 2.33 bits per heavy atom. The van der Waals surface area contributed by atoms with Crippen molar-refractivity contribution in [1.29, 1.82) is 0 Å². The minimum Gasteiger partial charge on any atom is -0.395 e. The second-order valence-electron chi connectivity index (χ2n) is 3.75. The Bertz CT molecular complexity index is 319. The maximum absolute atomic E-state index is 11.2. The van der Waals surface area contributed by atoms with Gasteiger partial charge in [0.25, 0.3) is 5.91 Å². The molecule has 0 aromatic heterocycles. The van der Waals surface area contributed by atoms with E-state index in [1.807, 2.05) is 6.92 Å². The summed E-state index contributed by atoms with van der Waals surface area (Å²) in [6, 6.07) is -0.145. The van der Waals surface area contributed by atoms with Gasteiger partial charge in [0.15, 0.2) is 5.71 Å². The average molecular weight is 252 g/mol. The van der Waals surface area contributed by atoms with Gasteiger partial charge in [-0.15, -0.1) is 23.2 Å². The molecule has 1 aliphatic heterocycles. The van der Waals surface area contributed by atoms with Gasteiger partial charge in [-0.2, -0.15) is 0 Å². The van der Waals surface area contributed by atoms with E-state index in [2.05, 4.69) is 16.0 Å². The molecule has 7 heteroatoms. The second-order valence-corrected chi connectivity index (χ2v) is 5.30. The zero-order chi connectivity index (χ0) is 11.1. The summed E-state index contributed by atoms with van der Waals surface area (Å²) < 4.78 is -0.665. The lowest BCUT2D eigenvalue weighted by molar-refractivity contribution is -0.114. The van der Waals surface area contributed by atoms with Gasteiger partial charge in [0.05, 0.1) is 6.04 Å². The minimum absolute atomic E-state index is 0.109. The molecular formula is C8H11Cl2N3O2. The highest BCUT2D eigenvalue weighted by atomic mass is 35.5. The van der Waals surface area contributed by atoms with Gasteiger partial charge in [-0.05, 0) is 13.3 Å². The number of hydrogen-bond acceptors (Lipinski definition) is 4. The molecule has 1 amide bonds. The monoisotopic (exact) mass is 251 g/mol. The Morgan fingerprint density at radius 1 is 1.67 bits per heavy atom. The first-order chi connectivity index (χ1) is 7.00. The first-order valence-electron chi connectivity index (χ1n) is 4.64. The van der Waals surface area contributed by atoms with Gasteiger partial charge < -0.3 is 4.84 Å². The zero-order valence-corrected chi connectivity index (χ0v) is 9.60. The molecule has 1 saturated carbocycles. The van der Waals surface area contributed by atoms with E-state index in [0.717, 1.165) is 0 Å². The molecule has 2 fully saturated rings. The molecule has 2 atom stereocenters. The van der Waals surface area contributed by atoms with Crippen LogP contribution >= 0.6 is 23.2 Å². The summed E-state index contributed by atoms with van der Waals surface area (Å²) in [6.45, 7) is 2.15. The predicted octanol–water partition coefficient (Wildman–Crippen LogP) is 0.576. The second kappa shape index (κ2) is 3.81. The molecule has 0 aromatic carbocycles. The summed E-state index contributed by atoms with van der Waals surface area (Å²) in [5, 5.41) is 3.76. The molecule has 2 rings (SSSR count). The molecule has 0 bridgehead atoms. The highest BCUT2D eigenvalue weighted by Crippen LogP contribution is 2.53. The first-order valence-corrected chi connectivity index (χ1v) is 5.40. The highest BCUT2D eigenvalue weighted by Gasteiger charge is 2.52. The Hall–Kier alpha value is -0.520. The van der Waals surface area contributed by atoms with E-state index < -0.39 is 4.33 Å². The number of hydrazine groups is 1. The standard InChI is InChI=1S/C8H11Cl2N3O2/c1-4-6(7(14)12-11-4)13-15-3-5-2-8(5,9)10/h4-5,11H,2-3H2,1H3,(H,12,14). The van der Waals surface area contributed by atoms with E-state index in [1.54, 1.807) is 0 Å². The first kappa shape index (κ1) is 11.0. The van der Waals surface area contributed by atoms with Gasteiger partial charge >= 0.3 is 0 Å².